The Morgan fingerprint density at radius 2 is 1.57 bits per heavy atom. The van der Waals surface area contributed by atoms with Crippen molar-refractivity contribution in [3.63, 3.8) is 0 Å². The highest BCUT2D eigenvalue weighted by molar-refractivity contribution is 7.86. The van der Waals surface area contributed by atoms with Gasteiger partial charge in [-0.25, -0.2) is 4.39 Å². The molecule has 1 aliphatic carbocycles. The van der Waals surface area contributed by atoms with Gasteiger partial charge in [0.2, 0.25) is 17.7 Å². The number of nitrogens with one attached hydrogen (secondary N) is 2. The number of amides is 3. The molecule has 0 heterocycles. The number of carbonyl (C=O) groups is 3. The zero-order chi connectivity index (χ0) is 26.2. The zero-order valence-electron chi connectivity index (χ0n) is 20.5. The summed E-state index contributed by atoms with van der Waals surface area (Å²) in [5.41, 5.74) is 0.918. The van der Waals surface area contributed by atoms with Gasteiger partial charge >= 0.3 is 0 Å². The third kappa shape index (κ3) is 7.45. The molecule has 3 aromatic rings. The molecule has 0 aliphatic heterocycles. The summed E-state index contributed by atoms with van der Waals surface area (Å²) in [6.45, 7) is -0.206. The quantitative estimate of drug-likeness (QED) is 0.441. The molecule has 9 heteroatoms. The van der Waals surface area contributed by atoms with E-state index in [-0.39, 0.29) is 18.5 Å². The highest BCUT2D eigenvalue weighted by Crippen LogP contribution is 2.27. The topological polar surface area (TPSA) is 95.6 Å². The van der Waals surface area contributed by atoms with Crippen LogP contribution in [0.5, 0.6) is 0 Å². The van der Waals surface area contributed by atoms with Crippen molar-refractivity contribution in [2.45, 2.75) is 38.1 Å². The average molecular weight is 524 g/mol. The Kier molecular flexibility index (Phi) is 9.00. The lowest BCUT2D eigenvalue weighted by atomic mass is 9.95. The molecule has 0 bridgehead atoms. The van der Waals surface area contributed by atoms with Crippen LogP contribution in [-0.2, 0) is 25.2 Å². The smallest absolute Gasteiger partial charge is 0.240 e. The summed E-state index contributed by atoms with van der Waals surface area (Å²) >= 11 is 0. The maximum Gasteiger partial charge on any atom is 0.240 e. The second-order valence-electron chi connectivity index (χ2n) is 9.16. The van der Waals surface area contributed by atoms with Gasteiger partial charge in [-0.3, -0.25) is 18.6 Å². The number of benzene rings is 3. The Hall–Kier alpha value is -3.59. The molecule has 1 saturated carbocycles. The van der Waals surface area contributed by atoms with Crippen molar-refractivity contribution >= 4 is 50.7 Å². The minimum atomic E-state index is -1.82. The summed E-state index contributed by atoms with van der Waals surface area (Å²) in [6, 6.07) is 18.3. The number of hydrogen-bond donors (Lipinski definition) is 2. The van der Waals surface area contributed by atoms with E-state index in [0.717, 1.165) is 42.9 Å². The molecule has 0 aromatic heterocycles. The number of halogens is 1. The Balaban J connectivity index is 1.47. The third-order valence-corrected chi connectivity index (χ3v) is 7.49. The Morgan fingerprint density at radius 3 is 2.32 bits per heavy atom. The van der Waals surface area contributed by atoms with Crippen LogP contribution in [0.1, 0.15) is 32.1 Å². The molecule has 1 fully saturated rings. The summed E-state index contributed by atoms with van der Waals surface area (Å²) in [4.78, 5) is 40.0. The molecular weight excluding hydrogens is 493 g/mol. The Labute approximate surface area is 217 Å². The molecule has 0 radical (unpaired) electrons. The molecular formula is C28H30FN3O4S. The summed E-state index contributed by atoms with van der Waals surface area (Å²) in [7, 11) is -1.82. The van der Waals surface area contributed by atoms with Gasteiger partial charge in [0, 0.05) is 27.9 Å². The van der Waals surface area contributed by atoms with Gasteiger partial charge in [0.1, 0.15) is 23.9 Å². The first-order chi connectivity index (χ1) is 17.9. The van der Waals surface area contributed by atoms with E-state index in [0.29, 0.717) is 11.4 Å². The SMILES string of the molecule is O=C(CS(=O)CC(=O)N(CC(=O)NC1CCCCC1)c1cccc2ccccc12)Nc1ccc(F)cc1. The van der Waals surface area contributed by atoms with Gasteiger partial charge in [0.05, 0.1) is 5.69 Å². The first kappa shape index (κ1) is 26.5. The van der Waals surface area contributed by atoms with E-state index < -0.39 is 39.9 Å². The van der Waals surface area contributed by atoms with Crippen molar-refractivity contribution in [1.29, 1.82) is 0 Å². The highest BCUT2D eigenvalue weighted by atomic mass is 32.2. The number of carbonyl (C=O) groups excluding carboxylic acids is 3. The van der Waals surface area contributed by atoms with E-state index in [2.05, 4.69) is 10.6 Å². The maximum atomic E-state index is 13.4. The van der Waals surface area contributed by atoms with E-state index in [9.17, 15) is 23.0 Å². The standard InChI is InChI=1S/C28H30FN3O4S/c29-21-13-15-23(16-14-21)31-27(34)18-37(36)19-28(35)32(17-26(33)30-22-9-2-1-3-10-22)25-12-6-8-20-7-4-5-11-24(20)25/h4-8,11-16,22H,1-3,9-10,17-19H2,(H,30,33)(H,31,34). The zero-order valence-corrected chi connectivity index (χ0v) is 21.3. The summed E-state index contributed by atoms with van der Waals surface area (Å²) in [5.74, 6) is -2.59. The molecule has 194 valence electrons. The molecule has 7 nitrogen and oxygen atoms in total. The Bertz CT molecular complexity index is 1290. The summed E-state index contributed by atoms with van der Waals surface area (Å²) in [5, 5.41) is 7.29. The van der Waals surface area contributed by atoms with Crippen LogP contribution in [0, 0.1) is 5.82 Å². The van der Waals surface area contributed by atoms with E-state index in [1.807, 2.05) is 36.4 Å². The molecule has 0 spiro atoms. The number of nitrogens with zero attached hydrogens (tertiary/aromatic N) is 1. The largest absolute Gasteiger partial charge is 0.352 e. The van der Waals surface area contributed by atoms with Gasteiger partial charge in [-0.15, -0.1) is 0 Å². The lowest BCUT2D eigenvalue weighted by Crippen LogP contribution is -2.46. The average Bonchev–Trinajstić information content (AvgIpc) is 2.88. The minimum absolute atomic E-state index is 0.0926. The fourth-order valence-electron chi connectivity index (χ4n) is 4.56. The predicted molar refractivity (Wildman–Crippen MR) is 144 cm³/mol. The highest BCUT2D eigenvalue weighted by Gasteiger charge is 2.25. The fraction of sp³-hybridized carbons (Fsp3) is 0.321. The van der Waals surface area contributed by atoms with Crippen LogP contribution in [-0.4, -0.2) is 46.0 Å². The monoisotopic (exact) mass is 523 g/mol. The molecule has 3 aromatic carbocycles. The van der Waals surface area contributed by atoms with Gasteiger partial charge in [-0.05, 0) is 48.6 Å². The van der Waals surface area contributed by atoms with Crippen molar-refractivity contribution in [3.8, 4) is 0 Å². The van der Waals surface area contributed by atoms with Crippen LogP contribution in [0.15, 0.2) is 66.7 Å². The fourth-order valence-corrected chi connectivity index (χ4v) is 5.46. The second kappa shape index (κ2) is 12.6. The lowest BCUT2D eigenvalue weighted by molar-refractivity contribution is -0.123. The minimum Gasteiger partial charge on any atom is -0.352 e. The van der Waals surface area contributed by atoms with Crippen LogP contribution < -0.4 is 15.5 Å². The molecule has 37 heavy (non-hydrogen) atoms. The number of hydrogen-bond acceptors (Lipinski definition) is 4. The van der Waals surface area contributed by atoms with Crippen LogP contribution in [0.25, 0.3) is 10.8 Å². The van der Waals surface area contributed by atoms with E-state index >= 15 is 0 Å². The molecule has 1 atom stereocenters. The van der Waals surface area contributed by atoms with Gasteiger partial charge in [0.15, 0.2) is 0 Å². The van der Waals surface area contributed by atoms with Crippen LogP contribution in [0.2, 0.25) is 0 Å². The number of anilines is 2. The van der Waals surface area contributed by atoms with Crippen molar-refractivity contribution in [3.05, 3.63) is 72.5 Å². The van der Waals surface area contributed by atoms with Crippen LogP contribution in [0.4, 0.5) is 15.8 Å². The molecule has 2 N–H and O–H groups in total. The molecule has 3 amide bonds. The molecule has 1 unspecified atom stereocenters. The van der Waals surface area contributed by atoms with Crippen LogP contribution in [0.3, 0.4) is 0 Å². The van der Waals surface area contributed by atoms with Crippen molar-refractivity contribution in [1.82, 2.24) is 5.32 Å². The number of fused-ring (bicyclic) bond motifs is 1. The predicted octanol–water partition coefficient (Wildman–Crippen LogP) is 4.15. The van der Waals surface area contributed by atoms with Gasteiger partial charge < -0.3 is 15.5 Å². The summed E-state index contributed by atoms with van der Waals surface area (Å²) in [6.07, 6.45) is 5.13. The lowest BCUT2D eigenvalue weighted by Gasteiger charge is -2.27. The van der Waals surface area contributed by atoms with Gasteiger partial charge in [-0.2, -0.15) is 0 Å². The normalized spacial score (nSPS) is 14.6. The van der Waals surface area contributed by atoms with Crippen molar-refractivity contribution < 1.29 is 23.0 Å². The van der Waals surface area contributed by atoms with E-state index in [1.165, 1.54) is 29.2 Å². The summed E-state index contributed by atoms with van der Waals surface area (Å²) < 4.78 is 25.8. The van der Waals surface area contributed by atoms with E-state index in [1.54, 1.807) is 6.07 Å². The first-order valence-electron chi connectivity index (χ1n) is 12.4. The van der Waals surface area contributed by atoms with Gasteiger partial charge in [0.25, 0.3) is 0 Å². The van der Waals surface area contributed by atoms with E-state index in [4.69, 9.17) is 0 Å². The van der Waals surface area contributed by atoms with Crippen LogP contribution >= 0.6 is 0 Å². The molecule has 4 rings (SSSR count). The maximum absolute atomic E-state index is 13.4. The van der Waals surface area contributed by atoms with Crippen molar-refractivity contribution in [2.24, 2.45) is 0 Å². The number of rotatable bonds is 9. The molecule has 1 aliphatic rings. The van der Waals surface area contributed by atoms with Gasteiger partial charge in [-0.1, -0.05) is 55.7 Å². The Morgan fingerprint density at radius 1 is 0.865 bits per heavy atom. The van der Waals surface area contributed by atoms with Crippen molar-refractivity contribution in [2.75, 3.05) is 28.3 Å². The third-order valence-electron chi connectivity index (χ3n) is 6.33. The molecule has 0 saturated heterocycles. The first-order valence-corrected chi connectivity index (χ1v) is 13.9. The second-order valence-corrected chi connectivity index (χ2v) is 10.6.